The van der Waals surface area contributed by atoms with E-state index >= 15 is 4.39 Å². The number of rotatable bonds is 6. The van der Waals surface area contributed by atoms with Crippen molar-refractivity contribution < 1.29 is 18.1 Å². The molecule has 4 atom stereocenters. The first-order chi connectivity index (χ1) is 17.0. The average Bonchev–Trinajstić information content (AvgIpc) is 3.16. The summed E-state index contributed by atoms with van der Waals surface area (Å²) in [5.41, 5.74) is 1.73. The fraction of sp³-hybridized carbons (Fsp3) is 0.391. The molecule has 9 nitrogen and oxygen atoms in total. The van der Waals surface area contributed by atoms with Crippen molar-refractivity contribution in [3.63, 3.8) is 0 Å². The summed E-state index contributed by atoms with van der Waals surface area (Å²) < 4.78 is 45.5. The molecule has 0 aliphatic heterocycles. The molecule has 0 spiro atoms. The van der Waals surface area contributed by atoms with E-state index in [1.54, 1.807) is 23.7 Å². The maximum absolute atomic E-state index is 15.7. The minimum atomic E-state index is -1.44. The number of benzene rings is 1. The normalized spacial score (nSPS) is 19.6. The molecule has 13 heteroatoms. The van der Waals surface area contributed by atoms with Gasteiger partial charge in [0.05, 0.1) is 46.8 Å². The van der Waals surface area contributed by atoms with Gasteiger partial charge in [0.1, 0.15) is 16.7 Å². The Morgan fingerprint density at radius 2 is 2.08 bits per heavy atom. The number of nitrogens with one attached hydrogen (secondary N) is 3. The van der Waals surface area contributed by atoms with E-state index in [1.165, 1.54) is 12.4 Å². The van der Waals surface area contributed by atoms with Crippen LogP contribution in [0.2, 0.25) is 5.02 Å². The largest absolute Gasteiger partial charge is 0.598 e. The van der Waals surface area contributed by atoms with Gasteiger partial charge in [0.2, 0.25) is 5.91 Å². The van der Waals surface area contributed by atoms with Crippen LogP contribution in [0, 0.1) is 11.7 Å². The van der Waals surface area contributed by atoms with Crippen LogP contribution in [0.3, 0.4) is 0 Å². The minimum absolute atomic E-state index is 0.155. The second kappa shape index (κ2) is 8.94. The Labute approximate surface area is 213 Å². The average molecular weight is 536 g/mol. The first kappa shape index (κ1) is 24.9. The van der Waals surface area contributed by atoms with E-state index in [9.17, 15) is 13.7 Å². The molecule has 1 aliphatic rings. The zero-order valence-corrected chi connectivity index (χ0v) is 21.5. The van der Waals surface area contributed by atoms with Crippen LogP contribution in [-0.4, -0.2) is 45.9 Å². The van der Waals surface area contributed by atoms with Gasteiger partial charge in [-0.2, -0.15) is 5.10 Å². The number of nitrogens with zero attached hydrogens (tertiary/aromatic N) is 4. The quantitative estimate of drug-likeness (QED) is 0.313. The number of H-pyrrole nitrogens is 1. The summed E-state index contributed by atoms with van der Waals surface area (Å²) in [7, 11) is 0. The third-order valence-electron chi connectivity index (χ3n) is 6.00. The van der Waals surface area contributed by atoms with Gasteiger partial charge in [-0.1, -0.05) is 11.6 Å². The molecule has 2 unspecified atom stereocenters. The van der Waals surface area contributed by atoms with Crippen molar-refractivity contribution in [2.45, 2.75) is 51.1 Å². The number of imidazole rings is 1. The Hall–Kier alpha value is -2.80. The fourth-order valence-corrected chi connectivity index (χ4v) is 5.03. The Balaban J connectivity index is 1.52. The highest BCUT2D eigenvalue weighted by atomic mass is 35.5. The molecule has 1 aromatic carbocycles. The van der Waals surface area contributed by atoms with Crippen molar-refractivity contribution in [2.24, 2.45) is 5.92 Å². The van der Waals surface area contributed by atoms with Crippen molar-refractivity contribution in [1.29, 1.82) is 0 Å². The third-order valence-corrected chi connectivity index (χ3v) is 8.03. The summed E-state index contributed by atoms with van der Waals surface area (Å²) in [6.07, 6.45) is 5.26. The highest BCUT2D eigenvalue weighted by Gasteiger charge is 2.43. The summed E-state index contributed by atoms with van der Waals surface area (Å²) in [6.45, 7) is 7.16. The third kappa shape index (κ3) is 4.42. The SMILES string of the molecule is CC(N[S+]([O-])C(C)(C)C)c1c(F)c(Cl)c(-c2cn3cc(NC(=O)[C@@H]4C[C@@H]4F)nc3cn2)c2cn[nH]c12. The zero-order chi connectivity index (χ0) is 25.9. The lowest BCUT2D eigenvalue weighted by molar-refractivity contribution is -0.117. The number of anilines is 1. The molecule has 0 saturated heterocycles. The molecule has 190 valence electrons. The van der Waals surface area contributed by atoms with E-state index in [0.29, 0.717) is 27.8 Å². The Bertz CT molecular complexity index is 1480. The van der Waals surface area contributed by atoms with Gasteiger partial charge in [0, 0.05) is 34.1 Å². The molecule has 3 heterocycles. The minimum Gasteiger partial charge on any atom is -0.598 e. The van der Waals surface area contributed by atoms with Crippen LogP contribution < -0.4 is 10.0 Å². The van der Waals surface area contributed by atoms with E-state index in [0.717, 1.165) is 0 Å². The van der Waals surface area contributed by atoms with Gasteiger partial charge in [-0.3, -0.25) is 14.9 Å². The van der Waals surface area contributed by atoms with Crippen LogP contribution in [0.5, 0.6) is 0 Å². The van der Waals surface area contributed by atoms with Crippen LogP contribution in [0.15, 0.2) is 24.8 Å². The molecule has 3 N–H and O–H groups in total. The maximum Gasteiger partial charge on any atom is 0.231 e. The van der Waals surface area contributed by atoms with Crippen molar-refractivity contribution in [1.82, 2.24) is 29.3 Å². The molecule has 5 rings (SSSR count). The number of hydrogen-bond acceptors (Lipinski definition) is 6. The molecular weight excluding hydrogens is 512 g/mol. The summed E-state index contributed by atoms with van der Waals surface area (Å²) in [5.74, 6) is -1.49. The fourth-order valence-electron chi connectivity index (χ4n) is 3.93. The zero-order valence-electron chi connectivity index (χ0n) is 19.9. The summed E-state index contributed by atoms with van der Waals surface area (Å²) >= 11 is 5.10. The summed E-state index contributed by atoms with van der Waals surface area (Å²) in [5, 5.41) is 9.90. The lowest BCUT2D eigenvalue weighted by atomic mass is 9.99. The molecule has 36 heavy (non-hydrogen) atoms. The van der Waals surface area contributed by atoms with Crippen LogP contribution in [-0.2, 0) is 16.2 Å². The lowest BCUT2D eigenvalue weighted by Crippen LogP contribution is -2.40. The van der Waals surface area contributed by atoms with Crippen LogP contribution in [0.1, 0.15) is 45.7 Å². The van der Waals surface area contributed by atoms with E-state index in [-0.39, 0.29) is 22.8 Å². The lowest BCUT2D eigenvalue weighted by Gasteiger charge is -2.27. The number of aromatic amines is 1. The molecular formula is C23H24ClF2N7O2S. The number of carbonyl (C=O) groups excluding carboxylic acids is 1. The summed E-state index contributed by atoms with van der Waals surface area (Å²) in [4.78, 5) is 20.7. The van der Waals surface area contributed by atoms with Gasteiger partial charge in [-0.05, 0) is 34.1 Å². The van der Waals surface area contributed by atoms with Gasteiger partial charge in [0.25, 0.3) is 0 Å². The molecule has 1 aliphatic carbocycles. The highest BCUT2D eigenvalue weighted by molar-refractivity contribution is 7.90. The standard InChI is InChI=1S/C23H24ClF2N7O2S/c1-10(32-36(35)23(2,3)4)17-20(26)19(24)18(12-6-28-31-21(12)17)14-8-33-9-15(29-16(33)7-27-14)30-22(34)11-5-13(11)25/h6-11,13,32H,5H2,1-4H3,(H,28,31)(H,30,34)/t10?,11-,13+,36?/m1/s1. The number of fused-ring (bicyclic) bond motifs is 2. The number of alkyl halides is 1. The molecule has 1 saturated carbocycles. The summed E-state index contributed by atoms with van der Waals surface area (Å²) in [6, 6.07) is -0.634. The molecule has 3 aromatic heterocycles. The Kier molecular flexibility index (Phi) is 6.18. The monoisotopic (exact) mass is 535 g/mol. The van der Waals surface area contributed by atoms with Crippen molar-refractivity contribution in [3.8, 4) is 11.3 Å². The van der Waals surface area contributed by atoms with Gasteiger partial charge in [0.15, 0.2) is 11.5 Å². The van der Waals surface area contributed by atoms with Crippen LogP contribution in [0.4, 0.5) is 14.6 Å². The van der Waals surface area contributed by atoms with E-state index in [1.807, 2.05) is 20.8 Å². The van der Waals surface area contributed by atoms with E-state index in [4.69, 9.17) is 11.6 Å². The van der Waals surface area contributed by atoms with Gasteiger partial charge in [-0.25, -0.2) is 13.8 Å². The Morgan fingerprint density at radius 1 is 1.36 bits per heavy atom. The number of hydrogen-bond donors (Lipinski definition) is 3. The molecule has 4 aromatic rings. The number of aromatic nitrogens is 5. The number of amides is 1. The van der Waals surface area contributed by atoms with Crippen molar-refractivity contribution in [3.05, 3.63) is 41.2 Å². The number of carbonyl (C=O) groups is 1. The van der Waals surface area contributed by atoms with Gasteiger partial charge < -0.3 is 14.3 Å². The second-order valence-electron chi connectivity index (χ2n) is 9.81. The first-order valence-corrected chi connectivity index (χ1v) is 12.8. The predicted molar refractivity (Wildman–Crippen MR) is 134 cm³/mol. The second-order valence-corrected chi connectivity index (χ2v) is 12.2. The predicted octanol–water partition coefficient (Wildman–Crippen LogP) is 4.47. The molecule has 1 amide bonds. The maximum atomic E-state index is 15.7. The van der Waals surface area contributed by atoms with E-state index < -0.39 is 46.0 Å². The van der Waals surface area contributed by atoms with Crippen molar-refractivity contribution in [2.75, 3.05) is 5.32 Å². The van der Waals surface area contributed by atoms with Crippen LogP contribution in [0.25, 0.3) is 27.8 Å². The Morgan fingerprint density at radius 3 is 2.75 bits per heavy atom. The van der Waals surface area contributed by atoms with E-state index in [2.05, 4.69) is 30.2 Å². The topological polar surface area (TPSA) is 123 Å². The highest BCUT2D eigenvalue weighted by Crippen LogP contribution is 2.41. The molecule has 0 radical (unpaired) electrons. The molecule has 0 bridgehead atoms. The van der Waals surface area contributed by atoms with Crippen molar-refractivity contribution >= 4 is 51.2 Å². The molecule has 1 fully saturated rings. The smallest absolute Gasteiger partial charge is 0.231 e. The van der Waals surface area contributed by atoms with Crippen LogP contribution >= 0.6 is 11.6 Å². The first-order valence-electron chi connectivity index (χ1n) is 11.3. The van der Waals surface area contributed by atoms with Gasteiger partial charge in [-0.15, -0.1) is 4.72 Å². The van der Waals surface area contributed by atoms with Gasteiger partial charge >= 0.3 is 0 Å². The number of halogens is 3.